The van der Waals surface area contributed by atoms with E-state index in [4.69, 9.17) is 23.2 Å². The number of hydrogen-bond donors (Lipinski definition) is 3. The van der Waals surface area contributed by atoms with E-state index < -0.39 is 0 Å². The van der Waals surface area contributed by atoms with Gasteiger partial charge in [-0.2, -0.15) is 0 Å². The van der Waals surface area contributed by atoms with Crippen molar-refractivity contribution in [2.24, 2.45) is 0 Å². The van der Waals surface area contributed by atoms with Gasteiger partial charge in [-0.1, -0.05) is 29.3 Å². The number of fused-ring (bicyclic) bond motifs is 1. The zero-order chi connectivity index (χ0) is 16.4. The van der Waals surface area contributed by atoms with E-state index in [0.29, 0.717) is 28.7 Å². The zero-order valence-electron chi connectivity index (χ0n) is 12.3. The van der Waals surface area contributed by atoms with Crippen LogP contribution in [0, 0.1) is 0 Å². The van der Waals surface area contributed by atoms with Crippen molar-refractivity contribution < 1.29 is 9.90 Å². The zero-order valence-corrected chi connectivity index (χ0v) is 13.8. The molecule has 1 atom stereocenters. The number of benzene rings is 2. The largest absolute Gasteiger partial charge is 0.508 e. The summed E-state index contributed by atoms with van der Waals surface area (Å²) >= 11 is 11.8. The highest BCUT2D eigenvalue weighted by Crippen LogP contribution is 2.23. The first-order valence-corrected chi connectivity index (χ1v) is 8.06. The Bertz CT molecular complexity index is 749. The van der Waals surface area contributed by atoms with Crippen molar-refractivity contribution in [3.05, 3.63) is 63.1 Å². The van der Waals surface area contributed by atoms with Gasteiger partial charge in [0.05, 0.1) is 10.0 Å². The molecule has 3 rings (SSSR count). The van der Waals surface area contributed by atoms with Crippen LogP contribution in [0.15, 0.2) is 36.4 Å². The van der Waals surface area contributed by atoms with Crippen LogP contribution < -0.4 is 10.6 Å². The van der Waals surface area contributed by atoms with E-state index in [1.165, 1.54) is 5.56 Å². The van der Waals surface area contributed by atoms with Crippen molar-refractivity contribution in [1.29, 1.82) is 0 Å². The molecule has 1 amide bonds. The van der Waals surface area contributed by atoms with Gasteiger partial charge in [0.25, 0.3) is 5.91 Å². The van der Waals surface area contributed by atoms with Crippen LogP contribution >= 0.6 is 23.2 Å². The molecular weight excluding hydrogens is 335 g/mol. The van der Waals surface area contributed by atoms with Gasteiger partial charge in [-0.15, -0.1) is 0 Å². The molecule has 0 aliphatic carbocycles. The maximum Gasteiger partial charge on any atom is 0.251 e. The fraction of sp³-hybridized carbons (Fsp3) is 0.235. The third kappa shape index (κ3) is 3.78. The minimum absolute atomic E-state index is 0.152. The van der Waals surface area contributed by atoms with E-state index in [9.17, 15) is 9.90 Å². The number of carbonyl (C=O) groups is 1. The van der Waals surface area contributed by atoms with Crippen LogP contribution in [0.3, 0.4) is 0 Å². The van der Waals surface area contributed by atoms with Crippen molar-refractivity contribution in [3.63, 3.8) is 0 Å². The maximum absolute atomic E-state index is 12.2. The maximum atomic E-state index is 12.2. The highest BCUT2D eigenvalue weighted by Gasteiger charge is 2.19. The highest BCUT2D eigenvalue weighted by molar-refractivity contribution is 6.42. The molecule has 1 aliphatic rings. The first-order chi connectivity index (χ1) is 11.0. The Kier molecular flexibility index (Phi) is 4.76. The number of carbonyl (C=O) groups excluding carboxylic acids is 1. The standard InChI is InChI=1S/C17H16Cl2N2O2/c18-15-4-2-11(7-16(15)19)17(23)21-9-13-5-10-1-3-14(22)6-12(10)8-20-13/h1-4,6-7,13,20,22H,5,8-9H2,(H,21,23)/t13-/m0/s1. The Balaban J connectivity index is 1.59. The molecule has 0 aromatic heterocycles. The smallest absolute Gasteiger partial charge is 0.251 e. The quantitative estimate of drug-likeness (QED) is 0.796. The molecule has 0 bridgehead atoms. The minimum atomic E-state index is -0.179. The molecule has 1 heterocycles. The van der Waals surface area contributed by atoms with E-state index >= 15 is 0 Å². The minimum Gasteiger partial charge on any atom is -0.508 e. The number of amides is 1. The van der Waals surface area contributed by atoms with Gasteiger partial charge in [0.15, 0.2) is 0 Å². The lowest BCUT2D eigenvalue weighted by Crippen LogP contribution is -2.44. The molecule has 2 aromatic carbocycles. The third-order valence-corrected chi connectivity index (χ3v) is 4.67. The lowest BCUT2D eigenvalue weighted by Gasteiger charge is -2.26. The second-order valence-corrected chi connectivity index (χ2v) is 6.39. The monoisotopic (exact) mass is 350 g/mol. The summed E-state index contributed by atoms with van der Waals surface area (Å²) in [5, 5.41) is 16.5. The second kappa shape index (κ2) is 6.79. The molecule has 23 heavy (non-hydrogen) atoms. The summed E-state index contributed by atoms with van der Waals surface area (Å²) in [7, 11) is 0. The molecule has 0 unspecified atom stereocenters. The van der Waals surface area contributed by atoms with Gasteiger partial charge >= 0.3 is 0 Å². The molecule has 6 heteroatoms. The Hall–Kier alpha value is -1.75. The summed E-state index contributed by atoms with van der Waals surface area (Å²) in [6.07, 6.45) is 0.803. The Morgan fingerprint density at radius 2 is 2.00 bits per heavy atom. The Labute approximate surface area is 144 Å². The number of hydrogen-bond acceptors (Lipinski definition) is 3. The average Bonchev–Trinajstić information content (AvgIpc) is 2.55. The molecular formula is C17H16Cl2N2O2. The van der Waals surface area contributed by atoms with E-state index in [1.54, 1.807) is 30.3 Å². The molecule has 0 radical (unpaired) electrons. The first-order valence-electron chi connectivity index (χ1n) is 7.30. The van der Waals surface area contributed by atoms with Gasteiger partial charge in [-0.3, -0.25) is 4.79 Å². The van der Waals surface area contributed by atoms with Gasteiger partial charge in [-0.25, -0.2) is 0 Å². The van der Waals surface area contributed by atoms with Crippen LogP contribution in [0.5, 0.6) is 5.75 Å². The second-order valence-electron chi connectivity index (χ2n) is 5.57. The van der Waals surface area contributed by atoms with Gasteiger partial charge < -0.3 is 15.7 Å². The number of phenols is 1. The molecule has 0 saturated heterocycles. The van der Waals surface area contributed by atoms with Crippen molar-refractivity contribution in [3.8, 4) is 5.75 Å². The molecule has 0 saturated carbocycles. The van der Waals surface area contributed by atoms with E-state index in [2.05, 4.69) is 10.6 Å². The van der Waals surface area contributed by atoms with E-state index in [0.717, 1.165) is 12.0 Å². The molecule has 1 aliphatic heterocycles. The summed E-state index contributed by atoms with van der Waals surface area (Å²) < 4.78 is 0. The van der Waals surface area contributed by atoms with Crippen molar-refractivity contribution in [2.45, 2.75) is 19.0 Å². The first kappa shape index (κ1) is 16.1. The highest BCUT2D eigenvalue weighted by atomic mass is 35.5. The van der Waals surface area contributed by atoms with Gasteiger partial charge in [0, 0.05) is 24.7 Å². The van der Waals surface area contributed by atoms with Gasteiger partial charge in [-0.05, 0) is 47.9 Å². The summed E-state index contributed by atoms with van der Waals surface area (Å²) in [4.78, 5) is 12.2. The lowest BCUT2D eigenvalue weighted by atomic mass is 9.95. The molecule has 120 valence electrons. The number of phenolic OH excluding ortho intramolecular Hbond substituents is 1. The number of halogens is 2. The summed E-state index contributed by atoms with van der Waals surface area (Å²) in [6.45, 7) is 1.19. The van der Waals surface area contributed by atoms with Crippen LogP contribution in [0.2, 0.25) is 10.0 Å². The van der Waals surface area contributed by atoms with Gasteiger partial charge in [0.1, 0.15) is 5.75 Å². The molecule has 4 nitrogen and oxygen atoms in total. The van der Waals surface area contributed by atoms with Crippen LogP contribution in [0.1, 0.15) is 21.5 Å². The van der Waals surface area contributed by atoms with E-state index in [1.807, 2.05) is 6.07 Å². The number of rotatable bonds is 3. The van der Waals surface area contributed by atoms with Crippen LogP contribution in [0.25, 0.3) is 0 Å². The summed E-state index contributed by atoms with van der Waals surface area (Å²) in [6, 6.07) is 10.4. The Morgan fingerprint density at radius 1 is 1.17 bits per heavy atom. The number of nitrogens with one attached hydrogen (secondary N) is 2. The van der Waals surface area contributed by atoms with Crippen LogP contribution in [-0.4, -0.2) is 23.6 Å². The lowest BCUT2D eigenvalue weighted by molar-refractivity contribution is 0.0949. The third-order valence-electron chi connectivity index (χ3n) is 3.93. The predicted molar refractivity (Wildman–Crippen MR) is 91.2 cm³/mol. The van der Waals surface area contributed by atoms with Crippen molar-refractivity contribution >= 4 is 29.1 Å². The number of aromatic hydroxyl groups is 1. The van der Waals surface area contributed by atoms with Crippen molar-refractivity contribution in [2.75, 3.05) is 6.54 Å². The van der Waals surface area contributed by atoms with E-state index in [-0.39, 0.29) is 17.7 Å². The summed E-state index contributed by atoms with van der Waals surface area (Å²) in [5.74, 6) is 0.0961. The SMILES string of the molecule is O=C(NC[C@@H]1Cc2ccc(O)cc2CN1)c1ccc(Cl)c(Cl)c1. The fourth-order valence-corrected chi connectivity index (χ4v) is 2.97. The fourth-order valence-electron chi connectivity index (χ4n) is 2.67. The summed E-state index contributed by atoms with van der Waals surface area (Å²) in [5.41, 5.74) is 2.77. The molecule has 3 N–H and O–H groups in total. The van der Waals surface area contributed by atoms with Crippen LogP contribution in [0.4, 0.5) is 0 Å². The molecule has 0 fully saturated rings. The van der Waals surface area contributed by atoms with Crippen molar-refractivity contribution in [1.82, 2.24) is 10.6 Å². The molecule has 2 aromatic rings. The molecule has 0 spiro atoms. The normalized spacial score (nSPS) is 16.7. The topological polar surface area (TPSA) is 61.4 Å². The van der Waals surface area contributed by atoms with Crippen LogP contribution in [-0.2, 0) is 13.0 Å². The Morgan fingerprint density at radius 3 is 2.78 bits per heavy atom. The van der Waals surface area contributed by atoms with Gasteiger partial charge in [0.2, 0.25) is 0 Å². The average molecular weight is 351 g/mol. The predicted octanol–water partition coefficient (Wildman–Crippen LogP) is 3.14.